The second-order valence-electron chi connectivity index (χ2n) is 4.30. The molecule has 1 aromatic carbocycles. The molecule has 0 amide bonds. The van der Waals surface area contributed by atoms with Gasteiger partial charge in [-0.3, -0.25) is 0 Å². The molecule has 0 radical (unpaired) electrons. The van der Waals surface area contributed by atoms with Crippen LogP contribution < -0.4 is 0 Å². The van der Waals surface area contributed by atoms with Gasteiger partial charge in [0.05, 0.1) is 0 Å². The molecule has 1 saturated heterocycles. The zero-order chi connectivity index (χ0) is 12.4. The Labute approximate surface area is 100 Å². The molecule has 90 valence electrons. The molecule has 1 aromatic rings. The molecule has 17 heavy (non-hydrogen) atoms. The van der Waals surface area contributed by atoms with Crippen molar-refractivity contribution in [1.29, 1.82) is 0 Å². The van der Waals surface area contributed by atoms with Gasteiger partial charge in [-0.2, -0.15) is 0 Å². The third-order valence-corrected chi connectivity index (χ3v) is 3.09. The van der Waals surface area contributed by atoms with Crippen molar-refractivity contribution >= 4 is 5.97 Å². The van der Waals surface area contributed by atoms with Gasteiger partial charge in [0.1, 0.15) is 11.9 Å². The van der Waals surface area contributed by atoms with Crippen LogP contribution in [0.3, 0.4) is 0 Å². The van der Waals surface area contributed by atoms with E-state index in [0.717, 1.165) is 12.8 Å². The maximum atomic E-state index is 13.2. The van der Waals surface area contributed by atoms with E-state index in [-0.39, 0.29) is 23.8 Å². The second-order valence-corrected chi connectivity index (χ2v) is 4.30. The van der Waals surface area contributed by atoms with Gasteiger partial charge in [0.15, 0.2) is 0 Å². The van der Waals surface area contributed by atoms with Crippen LogP contribution in [0.15, 0.2) is 36.4 Å². The highest BCUT2D eigenvalue weighted by molar-refractivity contribution is 5.90. The average Bonchev–Trinajstić information content (AvgIpc) is 2.58. The molecule has 0 aliphatic carbocycles. The van der Waals surface area contributed by atoms with E-state index in [2.05, 4.69) is 6.58 Å². The smallest absolute Gasteiger partial charge is 0.334 e. The van der Waals surface area contributed by atoms with Crippen molar-refractivity contribution in [2.24, 2.45) is 5.92 Å². The standard InChI is InChI=1S/C14H15FO2/c1-3-5-12-9(2)14(16)17-13(12)10-6-4-7-11(15)8-10/h4,6-8,12-13H,2-3,5H2,1H3/t12-,13-/m1/s1. The summed E-state index contributed by atoms with van der Waals surface area (Å²) in [7, 11) is 0. The number of ether oxygens (including phenoxy) is 1. The first kappa shape index (κ1) is 11.8. The van der Waals surface area contributed by atoms with Gasteiger partial charge in [-0.15, -0.1) is 0 Å². The van der Waals surface area contributed by atoms with Crippen LogP contribution >= 0.6 is 0 Å². The molecule has 0 bridgehead atoms. The van der Waals surface area contributed by atoms with Gasteiger partial charge in [-0.25, -0.2) is 9.18 Å². The molecule has 0 spiro atoms. The molecule has 2 nitrogen and oxygen atoms in total. The fourth-order valence-electron chi connectivity index (χ4n) is 2.23. The number of rotatable bonds is 3. The zero-order valence-electron chi connectivity index (χ0n) is 9.78. The quantitative estimate of drug-likeness (QED) is 0.592. The molecule has 1 heterocycles. The minimum absolute atomic E-state index is 0.0331. The normalized spacial score (nSPS) is 23.9. The molecule has 3 heteroatoms. The lowest BCUT2D eigenvalue weighted by Gasteiger charge is -2.17. The first-order valence-corrected chi connectivity index (χ1v) is 5.78. The minimum Gasteiger partial charge on any atom is -0.453 e. The molecule has 1 aliphatic rings. The van der Waals surface area contributed by atoms with Crippen LogP contribution in [0, 0.1) is 11.7 Å². The van der Waals surface area contributed by atoms with Crippen LogP contribution in [0.4, 0.5) is 4.39 Å². The Morgan fingerprint density at radius 3 is 2.88 bits per heavy atom. The molecule has 0 aromatic heterocycles. The Balaban J connectivity index is 2.31. The summed E-state index contributed by atoms with van der Waals surface area (Å²) in [6.07, 6.45) is 1.38. The molecule has 1 fully saturated rings. The van der Waals surface area contributed by atoms with E-state index in [9.17, 15) is 9.18 Å². The summed E-state index contributed by atoms with van der Waals surface area (Å²) in [6, 6.07) is 6.20. The van der Waals surface area contributed by atoms with E-state index in [1.165, 1.54) is 12.1 Å². The fraction of sp³-hybridized carbons (Fsp3) is 0.357. The lowest BCUT2D eigenvalue weighted by Crippen LogP contribution is -2.08. The molecular formula is C14H15FO2. The number of esters is 1. The molecular weight excluding hydrogens is 219 g/mol. The van der Waals surface area contributed by atoms with E-state index in [1.807, 2.05) is 6.92 Å². The minimum atomic E-state index is -0.384. The van der Waals surface area contributed by atoms with Gasteiger partial charge in [0.25, 0.3) is 0 Å². The fourth-order valence-corrected chi connectivity index (χ4v) is 2.23. The summed E-state index contributed by atoms with van der Waals surface area (Å²) < 4.78 is 18.4. The molecule has 0 unspecified atom stereocenters. The Morgan fingerprint density at radius 1 is 1.47 bits per heavy atom. The van der Waals surface area contributed by atoms with Crippen molar-refractivity contribution in [3.63, 3.8) is 0 Å². The molecule has 0 N–H and O–H groups in total. The molecule has 2 rings (SSSR count). The van der Waals surface area contributed by atoms with Crippen molar-refractivity contribution in [3.8, 4) is 0 Å². The predicted molar refractivity (Wildman–Crippen MR) is 62.8 cm³/mol. The van der Waals surface area contributed by atoms with Crippen LogP contribution in [0.1, 0.15) is 31.4 Å². The number of benzene rings is 1. The van der Waals surface area contributed by atoms with Crippen molar-refractivity contribution in [2.75, 3.05) is 0 Å². The Bertz CT molecular complexity index is 453. The van der Waals surface area contributed by atoms with Gasteiger partial charge in [0, 0.05) is 11.5 Å². The van der Waals surface area contributed by atoms with Gasteiger partial charge in [-0.1, -0.05) is 32.1 Å². The maximum Gasteiger partial charge on any atom is 0.334 e. The van der Waals surface area contributed by atoms with Crippen molar-refractivity contribution in [3.05, 3.63) is 47.8 Å². The van der Waals surface area contributed by atoms with Crippen LogP contribution in [-0.4, -0.2) is 5.97 Å². The highest BCUT2D eigenvalue weighted by atomic mass is 19.1. The highest BCUT2D eigenvalue weighted by Gasteiger charge is 2.38. The first-order valence-electron chi connectivity index (χ1n) is 5.78. The maximum absolute atomic E-state index is 13.2. The van der Waals surface area contributed by atoms with Crippen LogP contribution in [-0.2, 0) is 9.53 Å². The summed E-state index contributed by atoms with van der Waals surface area (Å²) in [5, 5.41) is 0. The van der Waals surface area contributed by atoms with Crippen molar-refractivity contribution in [2.45, 2.75) is 25.9 Å². The number of hydrogen-bond acceptors (Lipinski definition) is 2. The monoisotopic (exact) mass is 234 g/mol. The second kappa shape index (κ2) is 4.70. The largest absolute Gasteiger partial charge is 0.453 e. The van der Waals surface area contributed by atoms with Crippen LogP contribution in [0.2, 0.25) is 0 Å². The van der Waals surface area contributed by atoms with Crippen molar-refractivity contribution < 1.29 is 13.9 Å². The van der Waals surface area contributed by atoms with E-state index >= 15 is 0 Å². The van der Waals surface area contributed by atoms with Gasteiger partial charge in [-0.05, 0) is 24.1 Å². The van der Waals surface area contributed by atoms with E-state index in [0.29, 0.717) is 11.1 Å². The van der Waals surface area contributed by atoms with E-state index in [4.69, 9.17) is 4.74 Å². The molecule has 1 aliphatic heterocycles. The first-order chi connectivity index (χ1) is 8.13. The SMILES string of the molecule is C=C1C(=O)O[C@H](c2cccc(F)c2)[C@@H]1CCC. The third kappa shape index (κ3) is 2.23. The van der Waals surface area contributed by atoms with Gasteiger partial charge in [0.2, 0.25) is 0 Å². The zero-order valence-corrected chi connectivity index (χ0v) is 9.78. The van der Waals surface area contributed by atoms with Crippen molar-refractivity contribution in [1.82, 2.24) is 0 Å². The Hall–Kier alpha value is -1.64. The summed E-state index contributed by atoms with van der Waals surface area (Å²) in [6.45, 7) is 5.81. The van der Waals surface area contributed by atoms with E-state index < -0.39 is 0 Å². The predicted octanol–water partition coefficient (Wildman–Crippen LogP) is 3.40. The van der Waals surface area contributed by atoms with Gasteiger partial charge < -0.3 is 4.74 Å². The Morgan fingerprint density at radius 2 is 2.24 bits per heavy atom. The number of carbonyl (C=O) groups excluding carboxylic acids is 1. The summed E-state index contributed by atoms with van der Waals surface area (Å²) in [4.78, 5) is 11.5. The number of halogens is 1. The third-order valence-electron chi connectivity index (χ3n) is 3.09. The number of cyclic esters (lactones) is 1. The highest BCUT2D eigenvalue weighted by Crippen LogP contribution is 2.40. The van der Waals surface area contributed by atoms with Crippen LogP contribution in [0.5, 0.6) is 0 Å². The van der Waals surface area contributed by atoms with Crippen LogP contribution in [0.25, 0.3) is 0 Å². The molecule has 2 atom stereocenters. The summed E-state index contributed by atoms with van der Waals surface area (Å²) in [5.74, 6) is -0.710. The lowest BCUT2D eigenvalue weighted by molar-refractivity contribution is -0.139. The molecule has 0 saturated carbocycles. The summed E-state index contributed by atoms with van der Waals surface area (Å²) >= 11 is 0. The Kier molecular flexibility index (Phi) is 3.27. The van der Waals surface area contributed by atoms with E-state index in [1.54, 1.807) is 12.1 Å². The van der Waals surface area contributed by atoms with Gasteiger partial charge >= 0.3 is 5.97 Å². The average molecular weight is 234 g/mol. The topological polar surface area (TPSA) is 26.3 Å². The summed E-state index contributed by atoms with van der Waals surface area (Å²) in [5.41, 5.74) is 1.21. The lowest BCUT2D eigenvalue weighted by atomic mass is 9.88. The number of hydrogen-bond donors (Lipinski definition) is 0. The number of carbonyl (C=O) groups is 1.